The van der Waals surface area contributed by atoms with Crippen LogP contribution in [0.4, 0.5) is 0 Å². The van der Waals surface area contributed by atoms with Crippen LogP contribution < -0.4 is 4.74 Å². The summed E-state index contributed by atoms with van der Waals surface area (Å²) in [7, 11) is 0. The summed E-state index contributed by atoms with van der Waals surface area (Å²) in [6.45, 7) is 5.85. The van der Waals surface area contributed by atoms with Crippen LogP contribution in [-0.4, -0.2) is 16.2 Å². The molecule has 2 aromatic carbocycles. The molecule has 0 atom stereocenters. The van der Waals surface area contributed by atoms with Crippen LogP contribution in [0.15, 0.2) is 60.2 Å². The van der Waals surface area contributed by atoms with Gasteiger partial charge in [-0.15, -0.1) is 0 Å². The molecule has 2 aliphatic heterocycles. The summed E-state index contributed by atoms with van der Waals surface area (Å²) in [4.78, 5) is 12.4. The zero-order valence-electron chi connectivity index (χ0n) is 13.6. The van der Waals surface area contributed by atoms with E-state index >= 15 is 0 Å². The highest BCUT2D eigenvalue weighted by Gasteiger charge is 2.55. The summed E-state index contributed by atoms with van der Waals surface area (Å²) in [6, 6.07) is 9.32. The number of phenols is 2. The minimum atomic E-state index is -1.20. The Hall–Kier alpha value is -3.21. The van der Waals surface area contributed by atoms with Gasteiger partial charge in [-0.1, -0.05) is 19.6 Å². The van der Waals surface area contributed by atoms with E-state index in [2.05, 4.69) is 6.58 Å². The summed E-state index contributed by atoms with van der Waals surface area (Å²) in [5, 5.41) is 19.7. The fourth-order valence-electron chi connectivity index (χ4n) is 3.49. The molecule has 2 N–H and O–H groups in total. The molecule has 4 rings (SSSR count). The lowest BCUT2D eigenvalue weighted by Crippen LogP contribution is -2.32. The van der Waals surface area contributed by atoms with Crippen LogP contribution in [0.1, 0.15) is 24.5 Å². The van der Waals surface area contributed by atoms with Crippen LogP contribution in [0.25, 0.3) is 0 Å². The molecule has 5 heteroatoms. The van der Waals surface area contributed by atoms with E-state index in [0.29, 0.717) is 40.2 Å². The van der Waals surface area contributed by atoms with E-state index in [1.165, 1.54) is 24.3 Å². The molecule has 0 bridgehead atoms. The number of carbonyl (C=O) groups excluding carboxylic acids is 1. The van der Waals surface area contributed by atoms with Crippen LogP contribution in [0.5, 0.6) is 23.0 Å². The van der Waals surface area contributed by atoms with E-state index in [-0.39, 0.29) is 11.5 Å². The molecule has 126 valence electrons. The molecule has 0 radical (unpaired) electrons. The number of aromatic hydroxyl groups is 2. The third-order valence-corrected chi connectivity index (χ3v) is 4.51. The average Bonchev–Trinajstić information content (AvgIpc) is 2.80. The van der Waals surface area contributed by atoms with Gasteiger partial charge in [-0.05, 0) is 30.7 Å². The predicted octanol–water partition coefficient (Wildman–Crippen LogP) is 3.90. The van der Waals surface area contributed by atoms with Crippen LogP contribution >= 0.6 is 0 Å². The second-order valence-electron chi connectivity index (χ2n) is 6.04. The molecule has 0 saturated carbocycles. The molecular weight excluding hydrogens is 320 g/mol. The van der Waals surface area contributed by atoms with Crippen LogP contribution in [0.2, 0.25) is 0 Å². The lowest BCUT2D eigenvalue weighted by atomic mass is 9.76. The highest BCUT2D eigenvalue weighted by molar-refractivity contribution is 5.99. The number of rotatable bonds is 1. The maximum atomic E-state index is 12.4. The Kier molecular flexibility index (Phi) is 3.15. The Morgan fingerprint density at radius 2 is 1.64 bits per heavy atom. The van der Waals surface area contributed by atoms with Gasteiger partial charge in [0.15, 0.2) is 5.60 Å². The van der Waals surface area contributed by atoms with Gasteiger partial charge in [0.25, 0.3) is 0 Å². The molecule has 0 unspecified atom stereocenters. The Morgan fingerprint density at radius 1 is 1.08 bits per heavy atom. The Balaban J connectivity index is 2.10. The fraction of sp³-hybridized carbons (Fsp3) is 0.150. The summed E-state index contributed by atoms with van der Waals surface area (Å²) >= 11 is 0. The van der Waals surface area contributed by atoms with Gasteiger partial charge in [0.05, 0.1) is 5.57 Å². The third-order valence-electron chi connectivity index (χ3n) is 4.51. The lowest BCUT2D eigenvalue weighted by molar-refractivity contribution is -0.143. The zero-order valence-corrected chi connectivity index (χ0v) is 13.6. The number of ether oxygens (including phenoxy) is 2. The molecule has 0 aromatic heterocycles. The Labute approximate surface area is 144 Å². The highest BCUT2D eigenvalue weighted by atomic mass is 16.6. The van der Waals surface area contributed by atoms with Crippen molar-refractivity contribution in [1.29, 1.82) is 0 Å². The number of benzene rings is 2. The van der Waals surface area contributed by atoms with Crippen molar-refractivity contribution in [3.8, 4) is 23.0 Å². The normalized spacial score (nSPS) is 18.7. The zero-order chi connectivity index (χ0) is 17.8. The molecule has 2 aromatic rings. The number of carbonyl (C=O) groups is 1. The molecule has 5 nitrogen and oxygen atoms in total. The van der Waals surface area contributed by atoms with E-state index in [0.717, 1.165) is 0 Å². The molecule has 1 spiro atoms. The van der Waals surface area contributed by atoms with Crippen molar-refractivity contribution in [2.45, 2.75) is 18.9 Å². The maximum absolute atomic E-state index is 12.4. The van der Waals surface area contributed by atoms with Crippen molar-refractivity contribution < 1.29 is 24.5 Å². The summed E-state index contributed by atoms with van der Waals surface area (Å²) in [6.07, 6.45) is 2.60. The average molecular weight is 336 g/mol. The van der Waals surface area contributed by atoms with Gasteiger partial charge in [-0.2, -0.15) is 0 Å². The van der Waals surface area contributed by atoms with E-state index in [9.17, 15) is 15.0 Å². The number of hydrogen-bond acceptors (Lipinski definition) is 5. The van der Waals surface area contributed by atoms with Crippen LogP contribution in [0, 0.1) is 0 Å². The van der Waals surface area contributed by atoms with E-state index < -0.39 is 11.6 Å². The first-order valence-corrected chi connectivity index (χ1v) is 7.95. The first-order valence-electron chi connectivity index (χ1n) is 7.95. The molecule has 0 aliphatic carbocycles. The van der Waals surface area contributed by atoms with Crippen molar-refractivity contribution in [3.63, 3.8) is 0 Å². The van der Waals surface area contributed by atoms with Gasteiger partial charge in [-0.3, -0.25) is 0 Å². The number of hydrogen-bond donors (Lipinski definition) is 2. The molecule has 2 aliphatic rings. The minimum absolute atomic E-state index is 0.0293. The fourth-order valence-corrected chi connectivity index (χ4v) is 3.49. The summed E-state index contributed by atoms with van der Waals surface area (Å²) in [5.41, 5.74) is 0.962. The topological polar surface area (TPSA) is 76.0 Å². The van der Waals surface area contributed by atoms with E-state index in [4.69, 9.17) is 9.47 Å². The van der Waals surface area contributed by atoms with Gasteiger partial charge < -0.3 is 19.7 Å². The van der Waals surface area contributed by atoms with Gasteiger partial charge in [0.1, 0.15) is 23.0 Å². The summed E-state index contributed by atoms with van der Waals surface area (Å²) < 4.78 is 11.7. The Bertz CT molecular complexity index is 903. The van der Waals surface area contributed by atoms with Crippen molar-refractivity contribution in [2.75, 3.05) is 0 Å². The van der Waals surface area contributed by atoms with Crippen molar-refractivity contribution in [2.24, 2.45) is 0 Å². The van der Waals surface area contributed by atoms with Gasteiger partial charge in [0.2, 0.25) is 0 Å². The molecule has 1 fully saturated rings. The Morgan fingerprint density at radius 3 is 2.16 bits per heavy atom. The highest BCUT2D eigenvalue weighted by Crippen LogP contribution is 2.58. The second-order valence-corrected chi connectivity index (χ2v) is 6.04. The predicted molar refractivity (Wildman–Crippen MR) is 90.7 cm³/mol. The van der Waals surface area contributed by atoms with Crippen LogP contribution in [-0.2, 0) is 15.1 Å². The number of fused-ring (bicyclic) bond motifs is 4. The van der Waals surface area contributed by atoms with Crippen molar-refractivity contribution in [1.82, 2.24) is 0 Å². The largest absolute Gasteiger partial charge is 0.508 e. The van der Waals surface area contributed by atoms with Gasteiger partial charge in [-0.25, -0.2) is 4.79 Å². The van der Waals surface area contributed by atoms with E-state index in [1.54, 1.807) is 12.1 Å². The smallest absolute Gasteiger partial charge is 0.339 e. The van der Waals surface area contributed by atoms with Gasteiger partial charge >= 0.3 is 5.97 Å². The molecule has 0 amide bonds. The summed E-state index contributed by atoms with van der Waals surface area (Å²) in [5.74, 6) is 0.285. The molecule has 2 heterocycles. The van der Waals surface area contributed by atoms with Crippen molar-refractivity contribution in [3.05, 3.63) is 71.3 Å². The van der Waals surface area contributed by atoms with E-state index in [1.807, 2.05) is 13.0 Å². The lowest BCUT2D eigenvalue weighted by Gasteiger charge is -2.36. The van der Waals surface area contributed by atoms with Crippen molar-refractivity contribution >= 4 is 5.97 Å². The minimum Gasteiger partial charge on any atom is -0.508 e. The standard InChI is InChI=1S/C20H16O5/c1-3-4-14-11(2)19(23)25-20(14)15-7-5-12(21)9-17(15)24-18-10-13(22)6-8-16(18)20/h4-10,21-22H,2-3H2,1H3/b14-4+. The van der Waals surface area contributed by atoms with Gasteiger partial charge in [0, 0.05) is 28.8 Å². The molecular formula is C20H16O5. The monoisotopic (exact) mass is 336 g/mol. The number of esters is 1. The second kappa shape index (κ2) is 5.14. The third kappa shape index (κ3) is 1.99. The first-order chi connectivity index (χ1) is 12.0. The maximum Gasteiger partial charge on any atom is 0.339 e. The molecule has 1 saturated heterocycles. The quantitative estimate of drug-likeness (QED) is 0.610. The molecule has 25 heavy (non-hydrogen) atoms. The first kappa shape index (κ1) is 15.3. The SMILES string of the molecule is C=C1C(=O)OC2(/C1=C/CC)c1ccc(O)cc1Oc1cc(O)ccc12. The van der Waals surface area contributed by atoms with Crippen LogP contribution in [0.3, 0.4) is 0 Å². The number of allylic oxidation sites excluding steroid dienone is 1. The number of phenolic OH excluding ortho intramolecular Hbond substituents is 2.